The summed E-state index contributed by atoms with van der Waals surface area (Å²) in [6, 6.07) is 10.6. The highest BCUT2D eigenvalue weighted by Gasteiger charge is 2.23. The first-order valence-corrected chi connectivity index (χ1v) is 9.47. The molecule has 2 fully saturated rings. The Balaban J connectivity index is 1.46. The molecule has 0 aromatic heterocycles. The molecule has 1 saturated carbocycles. The molecule has 0 bridgehead atoms. The van der Waals surface area contributed by atoms with Crippen molar-refractivity contribution in [3.8, 4) is 0 Å². The summed E-state index contributed by atoms with van der Waals surface area (Å²) in [4.78, 5) is 14.8. The van der Waals surface area contributed by atoms with Crippen molar-refractivity contribution in [2.45, 2.75) is 51.2 Å². The Morgan fingerprint density at radius 3 is 2.71 bits per heavy atom. The second-order valence-corrected chi connectivity index (χ2v) is 7.15. The summed E-state index contributed by atoms with van der Waals surface area (Å²) in [7, 11) is 0. The van der Waals surface area contributed by atoms with E-state index in [0.717, 1.165) is 45.5 Å². The van der Waals surface area contributed by atoms with E-state index in [1.165, 1.54) is 24.8 Å². The van der Waals surface area contributed by atoms with Crippen molar-refractivity contribution in [1.82, 2.24) is 10.2 Å². The zero-order valence-electron chi connectivity index (χ0n) is 14.6. The van der Waals surface area contributed by atoms with E-state index in [2.05, 4.69) is 40.5 Å². The number of amides is 1. The number of carbonyl (C=O) groups excluding carboxylic acids is 1. The number of hydrogen-bond acceptors (Lipinski definition) is 3. The third-order valence-electron chi connectivity index (χ3n) is 5.16. The summed E-state index contributed by atoms with van der Waals surface area (Å²) in [6.07, 6.45) is 6.94. The molecule has 3 rings (SSSR count). The van der Waals surface area contributed by atoms with Crippen LogP contribution in [0, 0.1) is 5.92 Å². The number of benzene rings is 1. The highest BCUT2D eigenvalue weighted by atomic mass is 16.5. The van der Waals surface area contributed by atoms with Crippen molar-refractivity contribution in [3.63, 3.8) is 0 Å². The first-order valence-electron chi connectivity index (χ1n) is 9.47. The number of nitrogens with zero attached hydrogens (tertiary/aromatic N) is 1. The van der Waals surface area contributed by atoms with Gasteiger partial charge in [0.25, 0.3) is 0 Å². The molecule has 24 heavy (non-hydrogen) atoms. The van der Waals surface area contributed by atoms with E-state index in [4.69, 9.17) is 4.74 Å². The SMILES string of the molecule is O=C(NC[C@H]1CN(Cc2ccccc2)CCCO1)C1CCCCC1. The molecule has 1 aliphatic carbocycles. The molecule has 4 nitrogen and oxygen atoms in total. The van der Waals surface area contributed by atoms with Gasteiger partial charge in [0.1, 0.15) is 0 Å². The Kier molecular flexibility index (Phi) is 6.67. The van der Waals surface area contributed by atoms with Gasteiger partial charge in [-0.1, -0.05) is 49.6 Å². The maximum Gasteiger partial charge on any atom is 0.223 e. The minimum atomic E-state index is 0.101. The smallest absolute Gasteiger partial charge is 0.223 e. The Morgan fingerprint density at radius 1 is 1.12 bits per heavy atom. The fraction of sp³-hybridized carbons (Fsp3) is 0.650. The molecule has 4 heteroatoms. The first kappa shape index (κ1) is 17.4. The van der Waals surface area contributed by atoms with Crippen LogP contribution in [0.15, 0.2) is 30.3 Å². The number of hydrogen-bond donors (Lipinski definition) is 1. The summed E-state index contributed by atoms with van der Waals surface area (Å²) in [6.45, 7) is 4.33. The standard InChI is InChI=1S/C20H30N2O2/c23-20(18-10-5-2-6-11-18)21-14-19-16-22(12-7-13-24-19)15-17-8-3-1-4-9-17/h1,3-4,8-9,18-19H,2,5-7,10-16H2,(H,21,23)/t19-/m0/s1. The monoisotopic (exact) mass is 330 g/mol. The van der Waals surface area contributed by atoms with Crippen molar-refractivity contribution >= 4 is 5.91 Å². The molecule has 1 aromatic rings. The average molecular weight is 330 g/mol. The van der Waals surface area contributed by atoms with Gasteiger partial charge in [-0.15, -0.1) is 0 Å². The van der Waals surface area contributed by atoms with Gasteiger partial charge in [-0.05, 0) is 24.8 Å². The molecule has 132 valence electrons. The molecule has 0 radical (unpaired) electrons. The van der Waals surface area contributed by atoms with Crippen LogP contribution in [0.1, 0.15) is 44.1 Å². The van der Waals surface area contributed by atoms with E-state index in [1.54, 1.807) is 0 Å². The molecule has 1 saturated heterocycles. The fourth-order valence-electron chi connectivity index (χ4n) is 3.80. The lowest BCUT2D eigenvalue weighted by Crippen LogP contribution is -2.42. The topological polar surface area (TPSA) is 41.6 Å². The lowest BCUT2D eigenvalue weighted by atomic mass is 9.88. The molecule has 1 aromatic carbocycles. The molecule has 1 aliphatic heterocycles. The van der Waals surface area contributed by atoms with Gasteiger partial charge in [-0.25, -0.2) is 0 Å². The Bertz CT molecular complexity index is 500. The summed E-state index contributed by atoms with van der Waals surface area (Å²) in [5.41, 5.74) is 1.34. The zero-order valence-corrected chi connectivity index (χ0v) is 14.6. The van der Waals surface area contributed by atoms with Gasteiger partial charge >= 0.3 is 0 Å². The molecular formula is C20H30N2O2. The van der Waals surface area contributed by atoms with E-state index in [0.29, 0.717) is 6.54 Å². The third-order valence-corrected chi connectivity index (χ3v) is 5.16. The summed E-state index contributed by atoms with van der Waals surface area (Å²) < 4.78 is 5.95. The Labute approximate surface area is 145 Å². The van der Waals surface area contributed by atoms with Crippen LogP contribution in [0.2, 0.25) is 0 Å². The van der Waals surface area contributed by atoms with E-state index in [9.17, 15) is 4.79 Å². The molecule has 1 heterocycles. The predicted octanol–water partition coefficient (Wildman–Crippen LogP) is 2.97. The maximum absolute atomic E-state index is 12.3. The lowest BCUT2D eigenvalue weighted by Gasteiger charge is -2.25. The average Bonchev–Trinajstić information content (AvgIpc) is 2.86. The highest BCUT2D eigenvalue weighted by molar-refractivity contribution is 5.78. The van der Waals surface area contributed by atoms with Gasteiger partial charge in [0.15, 0.2) is 0 Å². The Morgan fingerprint density at radius 2 is 1.92 bits per heavy atom. The summed E-state index contributed by atoms with van der Waals surface area (Å²) >= 11 is 0. The van der Waals surface area contributed by atoms with E-state index >= 15 is 0 Å². The molecule has 1 N–H and O–H groups in total. The van der Waals surface area contributed by atoms with Crippen LogP contribution in [0.25, 0.3) is 0 Å². The van der Waals surface area contributed by atoms with Crippen molar-refractivity contribution < 1.29 is 9.53 Å². The minimum absolute atomic E-state index is 0.101. The van der Waals surface area contributed by atoms with E-state index < -0.39 is 0 Å². The summed E-state index contributed by atoms with van der Waals surface area (Å²) in [5, 5.41) is 3.14. The van der Waals surface area contributed by atoms with E-state index in [1.807, 2.05) is 0 Å². The van der Waals surface area contributed by atoms with Gasteiger partial charge in [0.05, 0.1) is 6.10 Å². The van der Waals surface area contributed by atoms with Crippen LogP contribution >= 0.6 is 0 Å². The van der Waals surface area contributed by atoms with Gasteiger partial charge in [-0.3, -0.25) is 9.69 Å². The number of ether oxygens (including phenoxy) is 1. The lowest BCUT2D eigenvalue weighted by molar-refractivity contribution is -0.126. The van der Waals surface area contributed by atoms with Crippen LogP contribution in [0.4, 0.5) is 0 Å². The third kappa shape index (κ3) is 5.32. The van der Waals surface area contributed by atoms with Crippen LogP contribution < -0.4 is 5.32 Å². The van der Waals surface area contributed by atoms with Crippen molar-refractivity contribution in [1.29, 1.82) is 0 Å². The van der Waals surface area contributed by atoms with Crippen LogP contribution in [0.3, 0.4) is 0 Å². The normalized spacial score (nSPS) is 23.6. The van der Waals surface area contributed by atoms with Crippen molar-refractivity contribution in [2.75, 3.05) is 26.2 Å². The number of rotatable bonds is 5. The van der Waals surface area contributed by atoms with Crippen LogP contribution in [0.5, 0.6) is 0 Å². The van der Waals surface area contributed by atoms with Gasteiger partial charge in [0.2, 0.25) is 5.91 Å². The molecule has 2 aliphatic rings. The molecule has 0 spiro atoms. The largest absolute Gasteiger partial charge is 0.375 e. The highest BCUT2D eigenvalue weighted by Crippen LogP contribution is 2.23. The van der Waals surface area contributed by atoms with Gasteiger partial charge in [0, 0.05) is 38.7 Å². The first-order chi connectivity index (χ1) is 11.8. The van der Waals surface area contributed by atoms with Crippen molar-refractivity contribution in [2.24, 2.45) is 5.92 Å². The van der Waals surface area contributed by atoms with Gasteiger partial charge < -0.3 is 10.1 Å². The van der Waals surface area contributed by atoms with Crippen LogP contribution in [-0.4, -0.2) is 43.2 Å². The van der Waals surface area contributed by atoms with Crippen LogP contribution in [-0.2, 0) is 16.1 Å². The second-order valence-electron chi connectivity index (χ2n) is 7.15. The second kappa shape index (κ2) is 9.19. The fourth-order valence-corrected chi connectivity index (χ4v) is 3.80. The molecule has 1 amide bonds. The maximum atomic E-state index is 12.3. The molecular weight excluding hydrogens is 300 g/mol. The quantitative estimate of drug-likeness (QED) is 0.902. The zero-order chi connectivity index (χ0) is 16.6. The summed E-state index contributed by atoms with van der Waals surface area (Å²) in [5.74, 6) is 0.460. The number of nitrogens with one attached hydrogen (secondary N) is 1. The molecule has 1 atom stereocenters. The van der Waals surface area contributed by atoms with Gasteiger partial charge in [-0.2, -0.15) is 0 Å². The van der Waals surface area contributed by atoms with Crippen molar-refractivity contribution in [3.05, 3.63) is 35.9 Å². The molecule has 0 unspecified atom stereocenters. The minimum Gasteiger partial charge on any atom is -0.375 e. The number of carbonyl (C=O) groups is 1. The predicted molar refractivity (Wildman–Crippen MR) is 95.7 cm³/mol. The van der Waals surface area contributed by atoms with E-state index in [-0.39, 0.29) is 17.9 Å². The Hall–Kier alpha value is -1.39.